The highest BCUT2D eigenvalue weighted by molar-refractivity contribution is 6.42. The first-order valence-electron chi connectivity index (χ1n) is 7.30. The van der Waals surface area contributed by atoms with Crippen molar-refractivity contribution in [1.82, 2.24) is 0 Å². The van der Waals surface area contributed by atoms with Gasteiger partial charge in [-0.1, -0.05) is 36.2 Å². The van der Waals surface area contributed by atoms with Crippen LogP contribution in [0.3, 0.4) is 0 Å². The standard InChI is InChI=1S/C16H20Cl2O4/c1-8(9-5-6-10(17)11(18)7-9)12-16(4,19)13-14(20-12)22-15(2,3)21-13/h5-8,12-14,19H,1-4H3/t8-,12-,13+,14-,16-/m1/s1. The first-order valence-corrected chi connectivity index (χ1v) is 8.06. The third-order valence-corrected chi connectivity index (χ3v) is 5.15. The van der Waals surface area contributed by atoms with Crippen LogP contribution in [0.25, 0.3) is 0 Å². The molecule has 122 valence electrons. The summed E-state index contributed by atoms with van der Waals surface area (Å²) in [6.07, 6.45) is -1.55. The molecule has 3 rings (SSSR count). The van der Waals surface area contributed by atoms with Crippen LogP contribution in [0.4, 0.5) is 0 Å². The lowest BCUT2D eigenvalue weighted by Crippen LogP contribution is -2.48. The summed E-state index contributed by atoms with van der Waals surface area (Å²) in [4.78, 5) is 0. The molecule has 2 aliphatic heterocycles. The molecule has 2 aliphatic rings. The third kappa shape index (κ3) is 2.66. The summed E-state index contributed by atoms with van der Waals surface area (Å²) in [5.74, 6) is -0.845. The van der Waals surface area contributed by atoms with Crippen molar-refractivity contribution in [2.24, 2.45) is 0 Å². The lowest BCUT2D eigenvalue weighted by atomic mass is 9.83. The van der Waals surface area contributed by atoms with Crippen molar-refractivity contribution >= 4 is 23.2 Å². The lowest BCUT2D eigenvalue weighted by Gasteiger charge is -2.33. The quantitative estimate of drug-likeness (QED) is 0.886. The molecule has 6 heteroatoms. The van der Waals surface area contributed by atoms with E-state index in [1.807, 2.05) is 26.8 Å². The molecule has 1 aromatic rings. The van der Waals surface area contributed by atoms with Crippen molar-refractivity contribution in [2.45, 2.75) is 63.5 Å². The van der Waals surface area contributed by atoms with Crippen LogP contribution in [0.5, 0.6) is 0 Å². The van der Waals surface area contributed by atoms with Crippen LogP contribution in [0.2, 0.25) is 10.0 Å². The van der Waals surface area contributed by atoms with Gasteiger partial charge >= 0.3 is 0 Å². The minimum atomic E-state index is -1.16. The molecule has 0 amide bonds. The highest BCUT2D eigenvalue weighted by Crippen LogP contribution is 2.47. The van der Waals surface area contributed by atoms with E-state index in [9.17, 15) is 5.11 Å². The topological polar surface area (TPSA) is 47.9 Å². The van der Waals surface area contributed by atoms with Crippen LogP contribution in [0.1, 0.15) is 39.2 Å². The van der Waals surface area contributed by atoms with Gasteiger partial charge in [0.1, 0.15) is 11.7 Å². The Morgan fingerprint density at radius 1 is 1.14 bits per heavy atom. The van der Waals surface area contributed by atoms with Gasteiger partial charge in [0.05, 0.1) is 16.1 Å². The molecule has 2 fully saturated rings. The smallest absolute Gasteiger partial charge is 0.190 e. The molecule has 2 heterocycles. The van der Waals surface area contributed by atoms with E-state index in [0.29, 0.717) is 10.0 Å². The van der Waals surface area contributed by atoms with Gasteiger partial charge < -0.3 is 19.3 Å². The molecule has 0 spiro atoms. The van der Waals surface area contributed by atoms with Crippen LogP contribution in [0.15, 0.2) is 18.2 Å². The monoisotopic (exact) mass is 346 g/mol. The van der Waals surface area contributed by atoms with E-state index in [1.165, 1.54) is 0 Å². The highest BCUT2D eigenvalue weighted by Gasteiger charge is 2.61. The fraction of sp³-hybridized carbons (Fsp3) is 0.625. The molecule has 22 heavy (non-hydrogen) atoms. The maximum absolute atomic E-state index is 10.9. The number of hydrogen-bond acceptors (Lipinski definition) is 4. The Labute approximate surface area is 140 Å². The fourth-order valence-corrected chi connectivity index (χ4v) is 3.57. The second-order valence-electron chi connectivity index (χ2n) is 6.67. The SMILES string of the molecule is C[C@H](c1ccc(Cl)c(Cl)c1)[C@H]1O[C@@H]2OC(C)(C)O[C@@H]2[C@]1(C)O. The minimum absolute atomic E-state index is 0.0920. The van der Waals surface area contributed by atoms with E-state index in [4.69, 9.17) is 37.4 Å². The molecule has 2 saturated heterocycles. The van der Waals surface area contributed by atoms with E-state index < -0.39 is 29.9 Å². The number of aliphatic hydroxyl groups is 1. The summed E-state index contributed by atoms with van der Waals surface area (Å²) in [6.45, 7) is 7.32. The van der Waals surface area contributed by atoms with Crippen molar-refractivity contribution in [2.75, 3.05) is 0 Å². The molecule has 0 aromatic heterocycles. The van der Waals surface area contributed by atoms with E-state index in [2.05, 4.69) is 0 Å². The lowest BCUT2D eigenvalue weighted by molar-refractivity contribution is -0.229. The van der Waals surface area contributed by atoms with Gasteiger partial charge in [0, 0.05) is 5.92 Å². The van der Waals surface area contributed by atoms with Crippen molar-refractivity contribution < 1.29 is 19.3 Å². The first kappa shape index (κ1) is 16.5. The van der Waals surface area contributed by atoms with Gasteiger partial charge in [-0.2, -0.15) is 0 Å². The van der Waals surface area contributed by atoms with E-state index >= 15 is 0 Å². The zero-order chi connectivity index (χ0) is 16.3. The molecule has 0 saturated carbocycles. The molecular formula is C16H20Cl2O4. The number of benzene rings is 1. The molecular weight excluding hydrogens is 327 g/mol. The molecule has 0 radical (unpaired) electrons. The Kier molecular flexibility index (Phi) is 4.00. The average Bonchev–Trinajstić information content (AvgIpc) is 2.84. The van der Waals surface area contributed by atoms with Gasteiger partial charge in [-0.05, 0) is 38.5 Å². The summed E-state index contributed by atoms with van der Waals surface area (Å²) >= 11 is 12.0. The summed E-state index contributed by atoms with van der Waals surface area (Å²) in [6, 6.07) is 5.43. The largest absolute Gasteiger partial charge is 0.384 e. The van der Waals surface area contributed by atoms with Gasteiger partial charge in [0.25, 0.3) is 0 Å². The van der Waals surface area contributed by atoms with Crippen molar-refractivity contribution in [3.8, 4) is 0 Å². The molecule has 4 nitrogen and oxygen atoms in total. The Bertz CT molecular complexity index is 588. The molecule has 0 bridgehead atoms. The van der Waals surface area contributed by atoms with Gasteiger partial charge in [0.2, 0.25) is 0 Å². The number of halogens is 2. The number of rotatable bonds is 2. The average molecular weight is 347 g/mol. The zero-order valence-electron chi connectivity index (χ0n) is 13.0. The van der Waals surface area contributed by atoms with Gasteiger partial charge in [-0.3, -0.25) is 0 Å². The molecule has 5 atom stereocenters. The van der Waals surface area contributed by atoms with Crippen LogP contribution >= 0.6 is 23.2 Å². The van der Waals surface area contributed by atoms with E-state index in [-0.39, 0.29) is 5.92 Å². The van der Waals surface area contributed by atoms with Gasteiger partial charge in [0.15, 0.2) is 12.1 Å². The number of hydrogen-bond donors (Lipinski definition) is 1. The molecule has 0 unspecified atom stereocenters. The minimum Gasteiger partial charge on any atom is -0.384 e. The van der Waals surface area contributed by atoms with Crippen LogP contribution in [-0.4, -0.2) is 35.0 Å². The zero-order valence-corrected chi connectivity index (χ0v) is 14.5. The van der Waals surface area contributed by atoms with Crippen LogP contribution in [0, 0.1) is 0 Å². The highest BCUT2D eigenvalue weighted by atomic mass is 35.5. The van der Waals surface area contributed by atoms with Crippen molar-refractivity contribution in [3.63, 3.8) is 0 Å². The predicted molar refractivity (Wildman–Crippen MR) is 84.2 cm³/mol. The van der Waals surface area contributed by atoms with E-state index in [0.717, 1.165) is 5.56 Å². The summed E-state index contributed by atoms with van der Waals surface area (Å²) in [5.41, 5.74) is -0.219. The summed E-state index contributed by atoms with van der Waals surface area (Å²) in [5, 5.41) is 11.9. The van der Waals surface area contributed by atoms with Crippen LogP contribution in [-0.2, 0) is 14.2 Å². The second-order valence-corrected chi connectivity index (χ2v) is 7.48. The Morgan fingerprint density at radius 2 is 1.82 bits per heavy atom. The van der Waals surface area contributed by atoms with Crippen molar-refractivity contribution in [1.29, 1.82) is 0 Å². The predicted octanol–water partition coefficient (Wildman–Crippen LogP) is 3.72. The first-order chi connectivity index (χ1) is 10.1. The Hall–Kier alpha value is -0.360. The fourth-order valence-electron chi connectivity index (χ4n) is 3.26. The third-order valence-electron chi connectivity index (χ3n) is 4.41. The van der Waals surface area contributed by atoms with Crippen LogP contribution < -0.4 is 0 Å². The Morgan fingerprint density at radius 3 is 2.41 bits per heavy atom. The van der Waals surface area contributed by atoms with Crippen molar-refractivity contribution in [3.05, 3.63) is 33.8 Å². The number of fused-ring (bicyclic) bond motifs is 1. The maximum Gasteiger partial charge on any atom is 0.190 e. The summed E-state index contributed by atoms with van der Waals surface area (Å²) in [7, 11) is 0. The number of ether oxygens (including phenoxy) is 3. The van der Waals surface area contributed by atoms with Gasteiger partial charge in [-0.25, -0.2) is 0 Å². The molecule has 1 N–H and O–H groups in total. The van der Waals surface area contributed by atoms with E-state index in [1.54, 1.807) is 19.1 Å². The molecule has 1 aromatic carbocycles. The maximum atomic E-state index is 10.9. The summed E-state index contributed by atoms with van der Waals surface area (Å²) < 4.78 is 17.5. The second kappa shape index (κ2) is 5.33. The Balaban J connectivity index is 1.85. The van der Waals surface area contributed by atoms with Gasteiger partial charge in [-0.15, -0.1) is 0 Å². The molecule has 0 aliphatic carbocycles. The normalized spacial score (nSPS) is 38.0.